The maximum absolute atomic E-state index is 12.6. The Morgan fingerprint density at radius 1 is 1.38 bits per heavy atom. The number of thioether (sulfide) groups is 1. The number of benzene rings is 1. The first kappa shape index (κ1) is 16.2. The van der Waals surface area contributed by atoms with E-state index < -0.39 is 11.7 Å². The Kier molecular flexibility index (Phi) is 4.83. The van der Waals surface area contributed by atoms with Gasteiger partial charge in [-0.2, -0.15) is 24.9 Å². The van der Waals surface area contributed by atoms with Crippen molar-refractivity contribution in [2.45, 2.75) is 24.5 Å². The minimum Gasteiger partial charge on any atom is -0.321 e. The third-order valence-corrected chi connectivity index (χ3v) is 4.44. The highest BCUT2D eigenvalue weighted by Gasteiger charge is 2.34. The summed E-state index contributed by atoms with van der Waals surface area (Å²) in [5.74, 6) is -0.0270. The molecule has 116 valence electrons. The zero-order chi connectivity index (χ0) is 15.6. The number of nitrogens with zero attached hydrogens (tertiary/aromatic N) is 1. The number of amides is 1. The highest BCUT2D eigenvalue weighted by Crippen LogP contribution is 2.31. The van der Waals surface area contributed by atoms with Crippen LogP contribution in [0.4, 0.5) is 13.2 Å². The molecule has 1 N–H and O–H groups in total. The third kappa shape index (κ3) is 3.71. The SMILES string of the molecule is CSC(C)CN1C(=O)CNC1c1ccc(C(F)(F)F)cc1. The van der Waals surface area contributed by atoms with E-state index in [4.69, 9.17) is 0 Å². The number of rotatable bonds is 4. The van der Waals surface area contributed by atoms with Gasteiger partial charge < -0.3 is 4.90 Å². The second-order valence-electron chi connectivity index (χ2n) is 5.00. The minimum atomic E-state index is -4.34. The topological polar surface area (TPSA) is 32.3 Å². The fraction of sp³-hybridized carbons (Fsp3) is 0.500. The molecular weight excluding hydrogens is 301 g/mol. The van der Waals surface area contributed by atoms with E-state index >= 15 is 0 Å². The Bertz CT molecular complexity index is 504. The second-order valence-corrected chi connectivity index (χ2v) is 6.27. The van der Waals surface area contributed by atoms with E-state index in [-0.39, 0.29) is 23.9 Å². The predicted molar refractivity (Wildman–Crippen MR) is 76.9 cm³/mol. The summed E-state index contributed by atoms with van der Waals surface area (Å²) in [4.78, 5) is 13.6. The van der Waals surface area contributed by atoms with E-state index in [2.05, 4.69) is 5.32 Å². The molecule has 1 aliphatic heterocycles. The number of hydrogen-bond acceptors (Lipinski definition) is 3. The molecule has 0 spiro atoms. The van der Waals surface area contributed by atoms with E-state index in [9.17, 15) is 18.0 Å². The molecule has 1 saturated heterocycles. The van der Waals surface area contributed by atoms with Crippen LogP contribution in [-0.4, -0.2) is 35.4 Å². The van der Waals surface area contributed by atoms with Gasteiger partial charge in [-0.3, -0.25) is 10.1 Å². The first-order valence-electron chi connectivity index (χ1n) is 6.55. The molecule has 0 radical (unpaired) electrons. The zero-order valence-corrected chi connectivity index (χ0v) is 12.6. The maximum Gasteiger partial charge on any atom is 0.416 e. The Hall–Kier alpha value is -1.21. The molecule has 0 bridgehead atoms. The Morgan fingerprint density at radius 2 is 2.00 bits per heavy atom. The molecule has 1 fully saturated rings. The van der Waals surface area contributed by atoms with E-state index in [1.165, 1.54) is 12.1 Å². The van der Waals surface area contributed by atoms with Crippen LogP contribution in [0.3, 0.4) is 0 Å². The second kappa shape index (κ2) is 6.27. The van der Waals surface area contributed by atoms with Crippen molar-refractivity contribution in [1.82, 2.24) is 10.2 Å². The fourth-order valence-electron chi connectivity index (χ4n) is 2.25. The van der Waals surface area contributed by atoms with Crippen LogP contribution in [0.2, 0.25) is 0 Å². The van der Waals surface area contributed by atoms with Crippen LogP contribution in [0.25, 0.3) is 0 Å². The average molecular weight is 318 g/mol. The molecule has 3 nitrogen and oxygen atoms in total. The van der Waals surface area contributed by atoms with Crippen LogP contribution in [0.15, 0.2) is 24.3 Å². The Labute approximate surface area is 125 Å². The molecule has 0 aliphatic carbocycles. The van der Waals surface area contributed by atoms with Crippen LogP contribution in [0.1, 0.15) is 24.2 Å². The summed E-state index contributed by atoms with van der Waals surface area (Å²) in [6.07, 6.45) is -2.73. The number of carbonyl (C=O) groups excluding carboxylic acids is 1. The van der Waals surface area contributed by atoms with Crippen molar-refractivity contribution in [3.05, 3.63) is 35.4 Å². The van der Waals surface area contributed by atoms with Gasteiger partial charge in [0.2, 0.25) is 5.91 Å². The van der Waals surface area contributed by atoms with Gasteiger partial charge in [-0.1, -0.05) is 19.1 Å². The molecular formula is C14H17F3N2OS. The van der Waals surface area contributed by atoms with Crippen LogP contribution < -0.4 is 5.32 Å². The van der Waals surface area contributed by atoms with Crippen LogP contribution in [0, 0.1) is 0 Å². The lowest BCUT2D eigenvalue weighted by atomic mass is 10.1. The van der Waals surface area contributed by atoms with Crippen molar-refractivity contribution in [2.24, 2.45) is 0 Å². The minimum absolute atomic E-state index is 0.0270. The van der Waals surface area contributed by atoms with Gasteiger partial charge in [0.25, 0.3) is 0 Å². The number of nitrogens with one attached hydrogen (secondary N) is 1. The van der Waals surface area contributed by atoms with Gasteiger partial charge in [0.05, 0.1) is 12.1 Å². The standard InChI is InChI=1S/C14H17F3N2OS/c1-9(21-2)8-19-12(20)7-18-13(19)10-3-5-11(6-4-10)14(15,16)17/h3-6,9,13,18H,7-8H2,1-2H3. The molecule has 1 aromatic rings. The van der Waals surface area contributed by atoms with Crippen molar-refractivity contribution < 1.29 is 18.0 Å². The van der Waals surface area contributed by atoms with Gasteiger partial charge in [0.1, 0.15) is 6.17 Å². The summed E-state index contributed by atoms with van der Waals surface area (Å²) < 4.78 is 37.7. The number of alkyl halides is 3. The van der Waals surface area contributed by atoms with Gasteiger partial charge >= 0.3 is 6.18 Å². The van der Waals surface area contributed by atoms with Gasteiger partial charge in [0, 0.05) is 11.8 Å². The molecule has 2 atom stereocenters. The van der Waals surface area contributed by atoms with Crippen molar-refractivity contribution in [2.75, 3.05) is 19.3 Å². The quantitative estimate of drug-likeness (QED) is 0.926. The van der Waals surface area contributed by atoms with Crippen molar-refractivity contribution in [3.8, 4) is 0 Å². The summed E-state index contributed by atoms with van der Waals surface area (Å²) in [5.41, 5.74) is -0.0123. The Morgan fingerprint density at radius 3 is 2.52 bits per heavy atom. The number of carbonyl (C=O) groups is 1. The van der Waals surface area contributed by atoms with Crippen molar-refractivity contribution in [3.63, 3.8) is 0 Å². The van der Waals surface area contributed by atoms with Gasteiger partial charge in [0.15, 0.2) is 0 Å². The average Bonchev–Trinajstić information content (AvgIpc) is 2.79. The van der Waals surface area contributed by atoms with E-state index in [1.54, 1.807) is 16.7 Å². The largest absolute Gasteiger partial charge is 0.416 e. The summed E-state index contributed by atoms with van der Waals surface area (Å²) in [7, 11) is 0. The van der Waals surface area contributed by atoms with Crippen LogP contribution >= 0.6 is 11.8 Å². The maximum atomic E-state index is 12.6. The third-order valence-electron chi connectivity index (χ3n) is 3.49. The first-order chi connectivity index (χ1) is 9.82. The number of hydrogen-bond donors (Lipinski definition) is 1. The monoisotopic (exact) mass is 318 g/mol. The van der Waals surface area contributed by atoms with E-state index in [0.717, 1.165) is 12.1 Å². The van der Waals surface area contributed by atoms with Gasteiger partial charge in [-0.05, 0) is 24.0 Å². The van der Waals surface area contributed by atoms with E-state index in [0.29, 0.717) is 12.1 Å². The predicted octanol–water partition coefficient (Wildman–Crippen LogP) is 2.89. The molecule has 2 rings (SSSR count). The molecule has 1 amide bonds. The fourth-order valence-corrected chi connectivity index (χ4v) is 2.56. The van der Waals surface area contributed by atoms with Crippen LogP contribution in [0.5, 0.6) is 0 Å². The molecule has 21 heavy (non-hydrogen) atoms. The molecule has 7 heteroatoms. The molecule has 1 aromatic carbocycles. The molecule has 2 unspecified atom stereocenters. The van der Waals surface area contributed by atoms with Gasteiger partial charge in [-0.25, -0.2) is 0 Å². The van der Waals surface area contributed by atoms with Gasteiger partial charge in [-0.15, -0.1) is 0 Å². The first-order valence-corrected chi connectivity index (χ1v) is 7.84. The number of halogens is 3. The highest BCUT2D eigenvalue weighted by molar-refractivity contribution is 7.99. The summed E-state index contributed by atoms with van der Waals surface area (Å²) >= 11 is 1.65. The molecule has 1 heterocycles. The molecule has 0 aromatic heterocycles. The zero-order valence-electron chi connectivity index (χ0n) is 11.8. The van der Waals surface area contributed by atoms with Crippen molar-refractivity contribution >= 4 is 17.7 Å². The van der Waals surface area contributed by atoms with Crippen LogP contribution in [-0.2, 0) is 11.0 Å². The normalized spacial score (nSPS) is 20.9. The lowest BCUT2D eigenvalue weighted by Crippen LogP contribution is -2.35. The highest BCUT2D eigenvalue weighted by atomic mass is 32.2. The smallest absolute Gasteiger partial charge is 0.321 e. The molecule has 1 aliphatic rings. The lowest BCUT2D eigenvalue weighted by molar-refractivity contribution is -0.137. The van der Waals surface area contributed by atoms with Crippen molar-refractivity contribution in [1.29, 1.82) is 0 Å². The Balaban J connectivity index is 2.18. The molecule has 0 saturated carbocycles. The summed E-state index contributed by atoms with van der Waals surface area (Å²) in [6, 6.07) is 4.96. The summed E-state index contributed by atoms with van der Waals surface area (Å²) in [6.45, 7) is 2.80. The van der Waals surface area contributed by atoms with E-state index in [1.807, 2.05) is 13.2 Å². The summed E-state index contributed by atoms with van der Waals surface area (Å²) in [5, 5.41) is 3.32. The lowest BCUT2D eigenvalue weighted by Gasteiger charge is -2.27.